The van der Waals surface area contributed by atoms with E-state index in [9.17, 15) is 4.79 Å². The molecule has 1 aromatic rings. The minimum atomic E-state index is -0.347. The highest BCUT2D eigenvalue weighted by atomic mass is 16.3. The Kier molecular flexibility index (Phi) is 6.02. The number of nitrogens with zero attached hydrogens (tertiary/aromatic N) is 1. The Labute approximate surface area is 121 Å². The monoisotopic (exact) mass is 278 g/mol. The average molecular weight is 278 g/mol. The summed E-state index contributed by atoms with van der Waals surface area (Å²) in [6, 6.07) is 8.23. The number of anilines is 1. The second kappa shape index (κ2) is 7.29. The number of carbonyl (C=O) groups excluding carboxylic acids is 1. The second-order valence-corrected chi connectivity index (χ2v) is 5.97. The molecular formula is C16H26N2O2. The predicted octanol–water partition coefficient (Wildman–Crippen LogP) is 1.96. The Balaban J connectivity index is 2.45. The van der Waals surface area contributed by atoms with Gasteiger partial charge in [-0.15, -0.1) is 0 Å². The number of amides is 1. The topological polar surface area (TPSA) is 52.6 Å². The quantitative estimate of drug-likeness (QED) is 0.801. The number of carbonyl (C=O) groups is 1. The third kappa shape index (κ3) is 5.61. The van der Waals surface area contributed by atoms with E-state index in [0.29, 0.717) is 12.8 Å². The van der Waals surface area contributed by atoms with Crippen LogP contribution in [-0.4, -0.2) is 37.3 Å². The Hall–Kier alpha value is -1.55. The van der Waals surface area contributed by atoms with Crippen LogP contribution in [0, 0.1) is 0 Å². The van der Waals surface area contributed by atoms with Gasteiger partial charge in [0.1, 0.15) is 0 Å². The Morgan fingerprint density at radius 2 is 1.85 bits per heavy atom. The van der Waals surface area contributed by atoms with E-state index >= 15 is 0 Å². The van der Waals surface area contributed by atoms with Crippen LogP contribution in [0.5, 0.6) is 0 Å². The first-order valence-corrected chi connectivity index (χ1v) is 7.02. The smallest absolute Gasteiger partial charge is 0.220 e. The molecule has 1 amide bonds. The highest BCUT2D eigenvalue weighted by Gasteiger charge is 2.19. The van der Waals surface area contributed by atoms with Crippen molar-refractivity contribution in [3.05, 3.63) is 29.8 Å². The molecule has 112 valence electrons. The first-order valence-electron chi connectivity index (χ1n) is 7.02. The van der Waals surface area contributed by atoms with Crippen LogP contribution in [0.15, 0.2) is 24.3 Å². The molecule has 0 saturated carbocycles. The normalized spacial score (nSPS) is 11.2. The molecule has 0 fully saturated rings. The Morgan fingerprint density at radius 1 is 1.25 bits per heavy atom. The lowest BCUT2D eigenvalue weighted by Gasteiger charge is -2.25. The molecule has 4 heteroatoms. The van der Waals surface area contributed by atoms with Crippen LogP contribution in [0.1, 0.15) is 32.3 Å². The third-order valence-electron chi connectivity index (χ3n) is 3.31. The van der Waals surface area contributed by atoms with Crippen molar-refractivity contribution in [2.24, 2.45) is 0 Å². The summed E-state index contributed by atoms with van der Waals surface area (Å²) in [7, 11) is 4.01. The standard InChI is InChI=1S/C16H26N2O2/c1-16(2,11-12-19)17-15(20)10-7-13-5-8-14(9-6-13)18(3)4/h5-6,8-9,19H,7,10-12H2,1-4H3,(H,17,20). The van der Waals surface area contributed by atoms with Gasteiger partial charge in [-0.25, -0.2) is 0 Å². The van der Waals surface area contributed by atoms with Gasteiger partial charge in [0.2, 0.25) is 5.91 Å². The van der Waals surface area contributed by atoms with Gasteiger partial charge < -0.3 is 15.3 Å². The molecule has 1 aromatic carbocycles. The van der Waals surface area contributed by atoms with E-state index in [-0.39, 0.29) is 18.1 Å². The minimum absolute atomic E-state index is 0.0279. The maximum atomic E-state index is 11.9. The third-order valence-corrected chi connectivity index (χ3v) is 3.31. The zero-order valence-corrected chi connectivity index (χ0v) is 12.9. The van der Waals surface area contributed by atoms with Crippen molar-refractivity contribution in [3.63, 3.8) is 0 Å². The van der Waals surface area contributed by atoms with Crippen LogP contribution in [-0.2, 0) is 11.2 Å². The molecule has 0 aliphatic heterocycles. The molecule has 0 bridgehead atoms. The molecular weight excluding hydrogens is 252 g/mol. The van der Waals surface area contributed by atoms with Crippen molar-refractivity contribution < 1.29 is 9.90 Å². The van der Waals surface area contributed by atoms with Gasteiger partial charge in [0, 0.05) is 38.3 Å². The van der Waals surface area contributed by atoms with Crippen LogP contribution < -0.4 is 10.2 Å². The van der Waals surface area contributed by atoms with Gasteiger partial charge in [-0.2, -0.15) is 0 Å². The van der Waals surface area contributed by atoms with E-state index in [2.05, 4.69) is 29.6 Å². The Bertz CT molecular complexity index is 425. The molecule has 0 radical (unpaired) electrons. The van der Waals surface area contributed by atoms with Gasteiger partial charge in [-0.05, 0) is 44.4 Å². The number of aliphatic hydroxyl groups excluding tert-OH is 1. The van der Waals surface area contributed by atoms with Crippen molar-refractivity contribution in [3.8, 4) is 0 Å². The van der Waals surface area contributed by atoms with Crippen LogP contribution in [0.3, 0.4) is 0 Å². The molecule has 0 atom stereocenters. The lowest BCUT2D eigenvalue weighted by molar-refractivity contribution is -0.122. The minimum Gasteiger partial charge on any atom is -0.396 e. The lowest BCUT2D eigenvalue weighted by atomic mass is 10.0. The molecule has 0 aliphatic rings. The van der Waals surface area contributed by atoms with E-state index < -0.39 is 0 Å². The highest BCUT2D eigenvalue weighted by Crippen LogP contribution is 2.14. The fraction of sp³-hybridized carbons (Fsp3) is 0.562. The summed E-state index contributed by atoms with van der Waals surface area (Å²) < 4.78 is 0. The van der Waals surface area contributed by atoms with E-state index in [1.54, 1.807) is 0 Å². The van der Waals surface area contributed by atoms with Crippen molar-refractivity contribution >= 4 is 11.6 Å². The molecule has 0 aromatic heterocycles. The molecule has 20 heavy (non-hydrogen) atoms. The maximum Gasteiger partial charge on any atom is 0.220 e. The lowest BCUT2D eigenvalue weighted by Crippen LogP contribution is -2.44. The molecule has 2 N–H and O–H groups in total. The highest BCUT2D eigenvalue weighted by molar-refractivity contribution is 5.77. The van der Waals surface area contributed by atoms with E-state index in [0.717, 1.165) is 17.7 Å². The van der Waals surface area contributed by atoms with Gasteiger partial charge >= 0.3 is 0 Å². The zero-order valence-electron chi connectivity index (χ0n) is 12.9. The number of aliphatic hydroxyl groups is 1. The van der Waals surface area contributed by atoms with E-state index in [4.69, 9.17) is 5.11 Å². The number of hydrogen-bond acceptors (Lipinski definition) is 3. The number of aryl methyl sites for hydroxylation is 1. The van der Waals surface area contributed by atoms with Gasteiger partial charge in [0.05, 0.1) is 0 Å². The molecule has 0 spiro atoms. The summed E-state index contributed by atoms with van der Waals surface area (Å²) in [4.78, 5) is 13.9. The molecule has 1 rings (SSSR count). The van der Waals surface area contributed by atoms with Crippen LogP contribution in [0.4, 0.5) is 5.69 Å². The predicted molar refractivity (Wildman–Crippen MR) is 83.0 cm³/mol. The van der Waals surface area contributed by atoms with Crippen molar-refractivity contribution in [1.82, 2.24) is 5.32 Å². The number of rotatable bonds is 7. The van der Waals surface area contributed by atoms with Crippen LogP contribution >= 0.6 is 0 Å². The van der Waals surface area contributed by atoms with Gasteiger partial charge in [-0.1, -0.05) is 12.1 Å². The summed E-state index contributed by atoms with van der Waals surface area (Å²) >= 11 is 0. The van der Waals surface area contributed by atoms with Crippen LogP contribution in [0.25, 0.3) is 0 Å². The van der Waals surface area contributed by atoms with E-state index in [1.807, 2.05) is 32.8 Å². The van der Waals surface area contributed by atoms with Crippen molar-refractivity contribution in [2.75, 3.05) is 25.6 Å². The average Bonchev–Trinajstić information content (AvgIpc) is 2.36. The number of nitrogens with one attached hydrogen (secondary N) is 1. The maximum absolute atomic E-state index is 11.9. The Morgan fingerprint density at radius 3 is 2.35 bits per heavy atom. The molecule has 4 nitrogen and oxygen atoms in total. The van der Waals surface area contributed by atoms with Crippen molar-refractivity contribution in [2.45, 2.75) is 38.6 Å². The molecule has 0 heterocycles. The summed E-state index contributed by atoms with van der Waals surface area (Å²) in [6.45, 7) is 3.93. The van der Waals surface area contributed by atoms with Gasteiger partial charge in [0.15, 0.2) is 0 Å². The fourth-order valence-corrected chi connectivity index (χ4v) is 2.00. The first kappa shape index (κ1) is 16.5. The summed E-state index contributed by atoms with van der Waals surface area (Å²) in [5, 5.41) is 11.9. The zero-order chi connectivity index (χ0) is 15.2. The SMILES string of the molecule is CN(C)c1ccc(CCC(=O)NC(C)(C)CCO)cc1. The second-order valence-electron chi connectivity index (χ2n) is 5.97. The largest absolute Gasteiger partial charge is 0.396 e. The van der Waals surface area contributed by atoms with E-state index in [1.165, 1.54) is 0 Å². The molecule has 0 unspecified atom stereocenters. The number of benzene rings is 1. The summed E-state index contributed by atoms with van der Waals surface area (Å²) in [6.07, 6.45) is 1.77. The van der Waals surface area contributed by atoms with Gasteiger partial charge in [-0.3, -0.25) is 4.79 Å². The summed E-state index contributed by atoms with van der Waals surface area (Å²) in [5.74, 6) is 0.0279. The molecule has 0 aliphatic carbocycles. The number of hydrogen-bond donors (Lipinski definition) is 2. The van der Waals surface area contributed by atoms with Gasteiger partial charge in [0.25, 0.3) is 0 Å². The summed E-state index contributed by atoms with van der Waals surface area (Å²) in [5.41, 5.74) is 1.97. The fourth-order valence-electron chi connectivity index (χ4n) is 2.00. The molecule has 0 saturated heterocycles. The van der Waals surface area contributed by atoms with Crippen molar-refractivity contribution in [1.29, 1.82) is 0 Å². The first-order chi connectivity index (χ1) is 9.34. The van der Waals surface area contributed by atoms with Crippen LogP contribution in [0.2, 0.25) is 0 Å².